The predicted octanol–water partition coefficient (Wildman–Crippen LogP) is 1.05. The monoisotopic (exact) mass is 372 g/mol. The molecule has 8 heteroatoms. The number of hydrogen-bond donors (Lipinski definition) is 2. The van der Waals surface area contributed by atoms with Crippen LogP contribution in [0.25, 0.3) is 0 Å². The number of amides is 4. The molecule has 0 unspecified atom stereocenters. The van der Waals surface area contributed by atoms with Crippen molar-refractivity contribution >= 4 is 35.0 Å². The number of anilines is 2. The van der Waals surface area contributed by atoms with Crippen LogP contribution >= 0.6 is 0 Å². The first-order valence-electron chi connectivity index (χ1n) is 9.06. The molecule has 1 saturated heterocycles. The van der Waals surface area contributed by atoms with Crippen LogP contribution < -0.4 is 10.6 Å². The van der Waals surface area contributed by atoms with E-state index in [-0.39, 0.29) is 23.6 Å². The summed E-state index contributed by atoms with van der Waals surface area (Å²) in [6, 6.07) is 6.77. The van der Waals surface area contributed by atoms with E-state index in [0.717, 1.165) is 0 Å². The molecule has 27 heavy (non-hydrogen) atoms. The summed E-state index contributed by atoms with van der Waals surface area (Å²) >= 11 is 0. The Morgan fingerprint density at radius 2 is 1.30 bits per heavy atom. The zero-order chi connectivity index (χ0) is 19.6. The summed E-state index contributed by atoms with van der Waals surface area (Å²) in [5.41, 5.74) is 0.227. The largest absolute Gasteiger partial charge is 0.339 e. The average molecular weight is 372 g/mol. The number of rotatable bonds is 4. The summed E-state index contributed by atoms with van der Waals surface area (Å²) < 4.78 is 0. The normalized spacial score (nSPS) is 17.9. The van der Waals surface area contributed by atoms with Gasteiger partial charge in [0.05, 0.1) is 0 Å². The Balaban J connectivity index is 1.60. The van der Waals surface area contributed by atoms with E-state index in [1.807, 2.05) is 0 Å². The third kappa shape index (κ3) is 4.10. The van der Waals surface area contributed by atoms with Crippen molar-refractivity contribution in [2.75, 3.05) is 36.8 Å². The molecule has 2 fully saturated rings. The highest BCUT2D eigenvalue weighted by Gasteiger charge is 2.58. The molecule has 1 aliphatic heterocycles. The second-order valence-corrected chi connectivity index (χ2v) is 7.09. The Bertz CT molecular complexity index is 762. The zero-order valence-electron chi connectivity index (χ0n) is 15.6. The van der Waals surface area contributed by atoms with Gasteiger partial charge >= 0.3 is 0 Å². The molecule has 0 spiro atoms. The third-order valence-corrected chi connectivity index (χ3v) is 5.07. The first-order chi connectivity index (χ1) is 12.8. The molecule has 1 heterocycles. The van der Waals surface area contributed by atoms with Crippen LogP contribution in [-0.2, 0) is 19.2 Å². The number of carbonyl (C=O) groups is 4. The second-order valence-electron chi connectivity index (χ2n) is 7.09. The van der Waals surface area contributed by atoms with Gasteiger partial charge in [0.2, 0.25) is 23.6 Å². The minimum Gasteiger partial charge on any atom is -0.339 e. The van der Waals surface area contributed by atoms with E-state index in [0.29, 0.717) is 50.4 Å². The van der Waals surface area contributed by atoms with Crippen LogP contribution in [0.5, 0.6) is 0 Å². The van der Waals surface area contributed by atoms with E-state index in [9.17, 15) is 19.2 Å². The highest BCUT2D eigenvalue weighted by molar-refractivity contribution is 6.13. The van der Waals surface area contributed by atoms with Crippen LogP contribution in [-0.4, -0.2) is 59.6 Å². The second kappa shape index (κ2) is 7.38. The van der Waals surface area contributed by atoms with Crippen LogP contribution in [0.3, 0.4) is 0 Å². The van der Waals surface area contributed by atoms with Crippen molar-refractivity contribution in [3.63, 3.8) is 0 Å². The summed E-state index contributed by atoms with van der Waals surface area (Å²) in [4.78, 5) is 51.5. The van der Waals surface area contributed by atoms with Crippen LogP contribution in [0.1, 0.15) is 26.7 Å². The fourth-order valence-electron chi connectivity index (χ4n) is 3.28. The van der Waals surface area contributed by atoms with Crippen molar-refractivity contribution in [1.82, 2.24) is 9.80 Å². The first-order valence-corrected chi connectivity index (χ1v) is 9.06. The van der Waals surface area contributed by atoms with Crippen LogP contribution in [0, 0.1) is 5.41 Å². The topological polar surface area (TPSA) is 98.8 Å². The van der Waals surface area contributed by atoms with Gasteiger partial charge in [-0.3, -0.25) is 19.2 Å². The molecule has 2 N–H and O–H groups in total. The van der Waals surface area contributed by atoms with Gasteiger partial charge in [0.1, 0.15) is 5.41 Å². The Hall–Kier alpha value is -2.90. The summed E-state index contributed by atoms with van der Waals surface area (Å²) in [6.07, 6.45) is 1.07. The van der Waals surface area contributed by atoms with Crippen molar-refractivity contribution < 1.29 is 19.2 Å². The van der Waals surface area contributed by atoms with E-state index in [2.05, 4.69) is 10.6 Å². The molecule has 8 nitrogen and oxygen atoms in total. The van der Waals surface area contributed by atoms with E-state index < -0.39 is 5.41 Å². The lowest BCUT2D eigenvalue weighted by molar-refractivity contribution is -0.146. The van der Waals surface area contributed by atoms with Gasteiger partial charge in [-0.25, -0.2) is 0 Å². The van der Waals surface area contributed by atoms with Gasteiger partial charge in [-0.05, 0) is 37.1 Å². The molecule has 1 aromatic rings. The van der Waals surface area contributed by atoms with Crippen molar-refractivity contribution in [3.05, 3.63) is 24.3 Å². The third-order valence-electron chi connectivity index (χ3n) is 5.07. The lowest BCUT2D eigenvalue weighted by Crippen LogP contribution is -2.53. The molecule has 1 saturated carbocycles. The fourth-order valence-corrected chi connectivity index (χ4v) is 3.28. The van der Waals surface area contributed by atoms with E-state index in [4.69, 9.17) is 0 Å². The minimum atomic E-state index is -0.991. The number of carbonyl (C=O) groups excluding carboxylic acids is 4. The molecular formula is C19H24N4O4. The van der Waals surface area contributed by atoms with Gasteiger partial charge in [-0.15, -0.1) is 0 Å². The minimum absolute atomic E-state index is 0.00341. The Kier molecular flexibility index (Phi) is 5.16. The molecule has 1 aliphatic carbocycles. The highest BCUT2D eigenvalue weighted by atomic mass is 16.2. The van der Waals surface area contributed by atoms with Gasteiger partial charge in [-0.2, -0.15) is 0 Å². The lowest BCUT2D eigenvalue weighted by atomic mass is 10.0. The van der Waals surface area contributed by atoms with E-state index in [1.165, 1.54) is 13.8 Å². The molecule has 0 atom stereocenters. The van der Waals surface area contributed by atoms with Crippen molar-refractivity contribution in [1.29, 1.82) is 0 Å². The molecule has 0 aromatic heterocycles. The quantitative estimate of drug-likeness (QED) is 0.772. The Morgan fingerprint density at radius 3 is 1.74 bits per heavy atom. The van der Waals surface area contributed by atoms with Gasteiger partial charge in [0.15, 0.2) is 0 Å². The summed E-state index contributed by atoms with van der Waals surface area (Å²) in [7, 11) is 0. The van der Waals surface area contributed by atoms with Crippen LogP contribution in [0.2, 0.25) is 0 Å². The van der Waals surface area contributed by atoms with E-state index >= 15 is 0 Å². The number of hydrogen-bond acceptors (Lipinski definition) is 4. The summed E-state index contributed by atoms with van der Waals surface area (Å²) in [6.45, 7) is 4.86. The molecule has 144 valence electrons. The smallest absolute Gasteiger partial charge is 0.240 e. The highest BCUT2D eigenvalue weighted by Crippen LogP contribution is 2.48. The number of piperazine rings is 1. The van der Waals surface area contributed by atoms with Gasteiger partial charge in [0, 0.05) is 51.4 Å². The van der Waals surface area contributed by atoms with Gasteiger partial charge in [-0.1, -0.05) is 0 Å². The maximum absolute atomic E-state index is 12.9. The maximum Gasteiger partial charge on any atom is 0.240 e. The fraction of sp³-hybridized carbons (Fsp3) is 0.474. The molecule has 2 aliphatic rings. The number of benzene rings is 1. The molecule has 4 amide bonds. The number of nitrogens with one attached hydrogen (secondary N) is 2. The molecule has 3 rings (SSSR count). The van der Waals surface area contributed by atoms with Crippen molar-refractivity contribution in [2.24, 2.45) is 5.41 Å². The SMILES string of the molecule is CC(=O)Nc1ccc(NC(=O)C2(C(=O)N3CCN(C(C)=O)CC3)CC2)cc1. The molecule has 0 radical (unpaired) electrons. The molecule has 1 aromatic carbocycles. The summed E-state index contributed by atoms with van der Waals surface area (Å²) in [5, 5.41) is 5.47. The van der Waals surface area contributed by atoms with Crippen LogP contribution in [0.4, 0.5) is 11.4 Å². The first kappa shape index (κ1) is 18.9. The van der Waals surface area contributed by atoms with Crippen LogP contribution in [0.15, 0.2) is 24.3 Å². The predicted molar refractivity (Wildman–Crippen MR) is 99.9 cm³/mol. The van der Waals surface area contributed by atoms with Gasteiger partial charge in [0.25, 0.3) is 0 Å². The van der Waals surface area contributed by atoms with Crippen molar-refractivity contribution in [2.45, 2.75) is 26.7 Å². The molecule has 0 bridgehead atoms. The molecular weight excluding hydrogens is 348 g/mol. The maximum atomic E-state index is 12.9. The Labute approximate surface area is 157 Å². The number of nitrogens with zero attached hydrogens (tertiary/aromatic N) is 2. The average Bonchev–Trinajstić information content (AvgIpc) is 3.44. The lowest BCUT2D eigenvalue weighted by Gasteiger charge is -2.35. The zero-order valence-corrected chi connectivity index (χ0v) is 15.6. The van der Waals surface area contributed by atoms with E-state index in [1.54, 1.807) is 34.1 Å². The van der Waals surface area contributed by atoms with Gasteiger partial charge < -0.3 is 20.4 Å². The Morgan fingerprint density at radius 1 is 0.815 bits per heavy atom. The summed E-state index contributed by atoms with van der Waals surface area (Å²) in [5.74, 6) is -0.616. The van der Waals surface area contributed by atoms with Crippen molar-refractivity contribution in [3.8, 4) is 0 Å². The standard InChI is InChI=1S/C19H24N4O4/c1-13(24)20-15-3-5-16(6-4-15)21-17(26)19(7-8-19)18(27)23-11-9-22(10-12-23)14(2)25/h3-6H,7-12H2,1-2H3,(H,20,24)(H,21,26).